The van der Waals surface area contributed by atoms with Crippen molar-refractivity contribution in [1.82, 2.24) is 30.6 Å². The highest BCUT2D eigenvalue weighted by Crippen LogP contribution is 2.35. The molecule has 1 unspecified atom stereocenters. The number of carbonyl (C=O) groups is 2. The fourth-order valence-corrected chi connectivity index (χ4v) is 7.75. The van der Waals surface area contributed by atoms with Crippen LogP contribution < -0.4 is 11.1 Å². The number of thiazole rings is 1. The average Bonchev–Trinajstić information content (AvgIpc) is 3.94. The number of nitrogens with two attached hydrogens (primary N) is 1. The summed E-state index contributed by atoms with van der Waals surface area (Å²) in [5.74, 6) is -0.788. The molecule has 1 aliphatic heterocycles. The zero-order valence-corrected chi connectivity index (χ0v) is 30.7. The molecule has 53 heavy (non-hydrogen) atoms. The molecular formula is C41H40FN7O3S. The van der Waals surface area contributed by atoms with E-state index in [2.05, 4.69) is 37.8 Å². The maximum absolute atomic E-state index is 14.5. The van der Waals surface area contributed by atoms with Crippen LogP contribution in [0, 0.1) is 18.7 Å². The van der Waals surface area contributed by atoms with Crippen LogP contribution in [-0.2, 0) is 9.59 Å². The van der Waals surface area contributed by atoms with Crippen LogP contribution in [0.3, 0.4) is 0 Å². The van der Waals surface area contributed by atoms with Crippen LogP contribution in [0.4, 0.5) is 10.2 Å². The van der Waals surface area contributed by atoms with E-state index in [0.29, 0.717) is 41.2 Å². The van der Waals surface area contributed by atoms with Crippen molar-refractivity contribution in [2.24, 2.45) is 5.92 Å². The number of rotatable bonds is 10. The van der Waals surface area contributed by atoms with Gasteiger partial charge in [0.15, 0.2) is 5.82 Å². The molecule has 1 aliphatic rings. The third kappa shape index (κ3) is 7.32. The van der Waals surface area contributed by atoms with Crippen molar-refractivity contribution in [3.63, 3.8) is 0 Å². The van der Waals surface area contributed by atoms with E-state index in [0.717, 1.165) is 39.2 Å². The fraction of sp³-hybridized carbons (Fsp3) is 0.268. The Bertz CT molecular complexity index is 2250. The van der Waals surface area contributed by atoms with Crippen LogP contribution in [0.25, 0.3) is 44.1 Å². The van der Waals surface area contributed by atoms with Gasteiger partial charge in [-0.3, -0.25) is 9.59 Å². The summed E-state index contributed by atoms with van der Waals surface area (Å²) in [5.41, 5.74) is 14.5. The van der Waals surface area contributed by atoms with E-state index in [9.17, 15) is 14.0 Å². The minimum Gasteiger partial charge on any atom is -0.382 e. The van der Waals surface area contributed by atoms with E-state index < -0.39 is 17.8 Å². The van der Waals surface area contributed by atoms with Gasteiger partial charge in [-0.15, -0.1) is 21.5 Å². The molecule has 0 saturated carbocycles. The van der Waals surface area contributed by atoms with Gasteiger partial charge in [0.2, 0.25) is 11.8 Å². The number of nitrogens with one attached hydrogen (secondary N) is 1. The molecule has 10 nitrogen and oxygen atoms in total. The molecule has 3 atom stereocenters. The van der Waals surface area contributed by atoms with Crippen molar-refractivity contribution in [2.75, 3.05) is 12.3 Å². The number of benzene rings is 3. The minimum atomic E-state index is -0.622. The number of nitrogen functional groups attached to an aromatic ring is 1. The summed E-state index contributed by atoms with van der Waals surface area (Å²) >= 11 is 1.60. The predicted molar refractivity (Wildman–Crippen MR) is 204 cm³/mol. The number of hydrogen-bond donors (Lipinski definition) is 2. The highest BCUT2D eigenvalue weighted by atomic mass is 32.1. The molecule has 7 rings (SSSR count). The summed E-state index contributed by atoms with van der Waals surface area (Å²) < 4.78 is 20.3. The van der Waals surface area contributed by atoms with Crippen LogP contribution in [0.5, 0.6) is 0 Å². The second-order valence-corrected chi connectivity index (χ2v) is 14.6. The predicted octanol–water partition coefficient (Wildman–Crippen LogP) is 8.23. The van der Waals surface area contributed by atoms with Crippen LogP contribution in [0.1, 0.15) is 62.6 Å². The molecule has 12 heteroatoms. The zero-order valence-electron chi connectivity index (χ0n) is 29.9. The van der Waals surface area contributed by atoms with E-state index in [4.69, 9.17) is 10.3 Å². The Labute approximate surface area is 311 Å². The highest BCUT2D eigenvalue weighted by Gasteiger charge is 2.40. The molecule has 2 amide bonds. The number of hydrogen-bond acceptors (Lipinski definition) is 9. The van der Waals surface area contributed by atoms with Crippen molar-refractivity contribution < 1.29 is 18.5 Å². The molecule has 3 aromatic carbocycles. The zero-order chi connectivity index (χ0) is 37.2. The number of anilines is 1. The SMILES string of the molecule is Cc1ncsc1-c1ccc([C@H](C)NC(=O)[C@@H]2CCCN2C(=O)C(c2cc(-c3ccc(-c4cc(-c5ccccc5F)nnc4N)cc3)no2)C(C)C)cc1. The topological polar surface area (TPSA) is 140 Å². The van der Waals surface area contributed by atoms with E-state index in [1.54, 1.807) is 46.6 Å². The average molecular weight is 730 g/mol. The molecule has 6 aromatic rings. The first kappa shape index (κ1) is 35.6. The smallest absolute Gasteiger partial charge is 0.243 e. The highest BCUT2D eigenvalue weighted by molar-refractivity contribution is 7.13. The van der Waals surface area contributed by atoms with Crippen LogP contribution >= 0.6 is 11.3 Å². The molecule has 4 heterocycles. The van der Waals surface area contributed by atoms with Gasteiger partial charge in [0.25, 0.3) is 0 Å². The van der Waals surface area contributed by atoms with Gasteiger partial charge in [0.05, 0.1) is 27.8 Å². The monoisotopic (exact) mass is 729 g/mol. The molecule has 1 saturated heterocycles. The maximum atomic E-state index is 14.5. The quantitative estimate of drug-likeness (QED) is 0.144. The first-order valence-electron chi connectivity index (χ1n) is 17.7. The second kappa shape index (κ2) is 15.1. The number of likely N-dealkylation sites (tertiary alicyclic amines) is 1. The second-order valence-electron chi connectivity index (χ2n) is 13.7. The minimum absolute atomic E-state index is 0.111. The third-order valence-corrected chi connectivity index (χ3v) is 10.8. The lowest BCUT2D eigenvalue weighted by molar-refractivity contribution is -0.141. The lowest BCUT2D eigenvalue weighted by atomic mass is 9.91. The van der Waals surface area contributed by atoms with Crippen LogP contribution in [-0.4, -0.2) is 49.6 Å². The normalized spacial score (nSPS) is 15.4. The van der Waals surface area contributed by atoms with Gasteiger partial charge in [-0.2, -0.15) is 0 Å². The molecule has 0 bridgehead atoms. The number of carbonyl (C=O) groups excluding carboxylic acids is 2. The Morgan fingerprint density at radius 2 is 1.64 bits per heavy atom. The number of nitrogens with zero attached hydrogens (tertiary/aromatic N) is 5. The number of aryl methyl sites for hydroxylation is 1. The molecule has 3 aromatic heterocycles. The molecule has 3 N–H and O–H groups in total. The Kier molecular flexibility index (Phi) is 10.1. The molecule has 270 valence electrons. The van der Waals surface area contributed by atoms with Gasteiger partial charge >= 0.3 is 0 Å². The summed E-state index contributed by atoms with van der Waals surface area (Å²) in [7, 11) is 0. The Hall–Kier alpha value is -5.75. The Morgan fingerprint density at radius 1 is 0.925 bits per heavy atom. The van der Waals surface area contributed by atoms with Crippen molar-refractivity contribution in [1.29, 1.82) is 0 Å². The first-order valence-corrected chi connectivity index (χ1v) is 18.5. The number of amides is 2. The summed E-state index contributed by atoms with van der Waals surface area (Å²) in [6.45, 7) is 8.37. The van der Waals surface area contributed by atoms with Gasteiger partial charge in [-0.25, -0.2) is 9.37 Å². The van der Waals surface area contributed by atoms with E-state index in [1.807, 2.05) is 69.6 Å². The van der Waals surface area contributed by atoms with Crippen molar-refractivity contribution in [3.05, 3.63) is 113 Å². The van der Waals surface area contributed by atoms with Crippen molar-refractivity contribution in [3.8, 4) is 44.1 Å². The standard InChI is InChI=1S/C41H40FN7O3S/c1-23(2)37(41(51)49-19-7-10-35(49)40(50)45-24(3)26-11-17-29(18-12-26)38-25(4)44-22-53-38)36-21-33(48-52-36)28-15-13-27(14-16-28)31-20-34(46-47-39(31)43)30-8-5-6-9-32(30)42/h5-6,8-9,11-18,20-24,35,37H,7,10,19H2,1-4H3,(H2,43,47)(H,45,50)/t24-,35-,37?/m0/s1. The van der Waals surface area contributed by atoms with E-state index in [-0.39, 0.29) is 29.6 Å². The molecule has 0 aliphatic carbocycles. The maximum Gasteiger partial charge on any atom is 0.243 e. The van der Waals surface area contributed by atoms with Gasteiger partial charge in [-0.05, 0) is 67.5 Å². The number of aromatic nitrogens is 4. The summed E-state index contributed by atoms with van der Waals surface area (Å²) in [4.78, 5) is 35.0. The Balaban J connectivity index is 1.04. The Morgan fingerprint density at radius 3 is 2.34 bits per heavy atom. The molecule has 1 fully saturated rings. The summed E-state index contributed by atoms with van der Waals surface area (Å²) in [6, 6.07) is 24.7. The molecular weight excluding hydrogens is 690 g/mol. The molecule has 0 spiro atoms. The van der Waals surface area contributed by atoms with Gasteiger partial charge in [-0.1, -0.05) is 79.7 Å². The van der Waals surface area contributed by atoms with E-state index in [1.165, 1.54) is 6.07 Å². The summed E-state index contributed by atoms with van der Waals surface area (Å²) in [6.07, 6.45) is 1.32. The largest absolute Gasteiger partial charge is 0.382 e. The lowest BCUT2D eigenvalue weighted by Crippen LogP contribution is -2.48. The van der Waals surface area contributed by atoms with Gasteiger partial charge in [0, 0.05) is 29.3 Å². The summed E-state index contributed by atoms with van der Waals surface area (Å²) in [5, 5.41) is 15.6. The van der Waals surface area contributed by atoms with Crippen LogP contribution in [0.2, 0.25) is 0 Å². The first-order chi connectivity index (χ1) is 25.6. The number of halogens is 1. The van der Waals surface area contributed by atoms with E-state index >= 15 is 0 Å². The van der Waals surface area contributed by atoms with Crippen LogP contribution in [0.15, 0.2) is 95.0 Å². The third-order valence-electron chi connectivity index (χ3n) is 9.85. The van der Waals surface area contributed by atoms with Crippen molar-refractivity contribution in [2.45, 2.75) is 58.5 Å². The lowest BCUT2D eigenvalue weighted by Gasteiger charge is -2.29. The fourth-order valence-electron chi connectivity index (χ4n) is 6.94. The van der Waals surface area contributed by atoms with Gasteiger partial charge in [0.1, 0.15) is 29.2 Å². The van der Waals surface area contributed by atoms with Crippen molar-refractivity contribution >= 4 is 29.0 Å². The molecule has 0 radical (unpaired) electrons. The van der Waals surface area contributed by atoms with Gasteiger partial charge < -0.3 is 20.5 Å².